The van der Waals surface area contributed by atoms with Crippen molar-refractivity contribution in [3.05, 3.63) is 508 Å². The molecule has 0 radical (unpaired) electrons. The van der Waals surface area contributed by atoms with Crippen molar-refractivity contribution in [2.75, 3.05) is 13.6 Å². The summed E-state index contributed by atoms with van der Waals surface area (Å²) in [6.07, 6.45) is 19.5. The van der Waals surface area contributed by atoms with Crippen LogP contribution < -0.4 is 33.2 Å². The monoisotopic (exact) mass is 1720 g/mol. The summed E-state index contributed by atoms with van der Waals surface area (Å²) >= 11 is 0. The molecular formula is C113H90O17. The van der Waals surface area contributed by atoms with Gasteiger partial charge in [-0.2, -0.15) is 0 Å². The summed E-state index contributed by atoms with van der Waals surface area (Å²) in [5.74, 6) is 4.34. The third-order valence-electron chi connectivity index (χ3n) is 19.2. The van der Waals surface area contributed by atoms with Crippen molar-refractivity contribution < 1.29 is 82.4 Å². The zero-order valence-electron chi connectivity index (χ0n) is 70.5. The summed E-state index contributed by atoms with van der Waals surface area (Å²) < 4.78 is 38.3. The van der Waals surface area contributed by atoms with E-state index < -0.39 is 0 Å². The molecule has 644 valence electrons. The molecule has 0 saturated heterocycles. The molecule has 0 saturated carbocycles. The number of phenols is 4. The Morgan fingerprint density at radius 2 is 0.523 bits per heavy atom. The van der Waals surface area contributed by atoms with E-state index in [1.54, 1.807) is 121 Å². The molecule has 0 aliphatic carbocycles. The Balaban J connectivity index is 0.000000142. The van der Waals surface area contributed by atoms with Crippen LogP contribution in [0.1, 0.15) is 112 Å². The maximum Gasteiger partial charge on any atom is 0.231 e. The number of rotatable bonds is 27. The van der Waals surface area contributed by atoms with Crippen LogP contribution in [0.3, 0.4) is 0 Å². The zero-order valence-corrected chi connectivity index (χ0v) is 70.5. The fraction of sp³-hybridized carbons (Fsp3) is 0.0442. The van der Waals surface area contributed by atoms with Crippen molar-refractivity contribution in [3.63, 3.8) is 0 Å². The minimum absolute atomic E-state index is 0.00000383. The smallest absolute Gasteiger partial charge is 0.231 e. The molecule has 0 aromatic heterocycles. The van der Waals surface area contributed by atoms with Crippen molar-refractivity contribution in [2.45, 2.75) is 19.8 Å². The fourth-order valence-electron chi connectivity index (χ4n) is 12.3. The molecule has 15 aromatic rings. The lowest BCUT2D eigenvalue weighted by atomic mass is 10.1. The van der Waals surface area contributed by atoms with Crippen LogP contribution in [-0.4, -0.2) is 68.7 Å². The van der Waals surface area contributed by atoms with Gasteiger partial charge in [-0.1, -0.05) is 322 Å². The molecule has 17 rings (SSSR count). The molecule has 0 spiro atoms. The van der Waals surface area contributed by atoms with Gasteiger partial charge in [0, 0.05) is 28.3 Å². The molecule has 15 aromatic carbocycles. The fourth-order valence-corrected chi connectivity index (χ4v) is 12.3. The van der Waals surface area contributed by atoms with Gasteiger partial charge >= 0.3 is 0 Å². The molecule has 0 atom stereocenters. The first-order chi connectivity index (χ1) is 63.6. The first-order valence-electron chi connectivity index (χ1n) is 41.3. The van der Waals surface area contributed by atoms with E-state index in [0.29, 0.717) is 65.1 Å². The van der Waals surface area contributed by atoms with Crippen molar-refractivity contribution >= 4 is 71.2 Å². The van der Waals surface area contributed by atoms with Gasteiger partial charge in [-0.05, 0) is 184 Å². The van der Waals surface area contributed by atoms with E-state index >= 15 is 0 Å². The van der Waals surface area contributed by atoms with E-state index in [-0.39, 0.29) is 82.4 Å². The Hall–Kier alpha value is -17.4. The molecule has 2 heterocycles. The third kappa shape index (κ3) is 30.2. The highest BCUT2D eigenvalue weighted by atomic mass is 16.7. The van der Waals surface area contributed by atoms with Gasteiger partial charge in [0.1, 0.15) is 60.1 Å². The van der Waals surface area contributed by atoms with Crippen LogP contribution in [-0.2, 0) is 19.8 Å². The van der Waals surface area contributed by atoms with E-state index in [4.69, 9.17) is 38.3 Å². The summed E-state index contributed by atoms with van der Waals surface area (Å²) in [5, 5.41) is 37.8. The number of para-hydroxylation sites is 1. The number of benzene rings is 15. The van der Waals surface area contributed by atoms with Crippen LogP contribution in [0.15, 0.2) is 425 Å². The normalized spacial score (nSPS) is 11.3. The predicted octanol–water partition coefficient (Wildman–Crippen LogP) is 24.5. The summed E-state index contributed by atoms with van der Waals surface area (Å²) in [6, 6.07) is 118. The number of allylic oxidation sites excluding steroid dienone is 6. The Kier molecular flexibility index (Phi) is 34.7. The summed E-state index contributed by atoms with van der Waals surface area (Å²) in [7, 11) is 0. The van der Waals surface area contributed by atoms with Crippen LogP contribution in [0.5, 0.6) is 63.2 Å². The minimum Gasteiger partial charge on any atom is -0.508 e. The number of phenolic OH excluding ortho intramolecular Hbond substituents is 4. The predicted molar refractivity (Wildman–Crippen MR) is 509 cm³/mol. The van der Waals surface area contributed by atoms with Gasteiger partial charge in [0.05, 0.1) is 11.1 Å². The van der Waals surface area contributed by atoms with E-state index in [0.717, 1.165) is 73.4 Å². The van der Waals surface area contributed by atoms with Gasteiger partial charge in [-0.15, -0.1) is 0 Å². The van der Waals surface area contributed by atoms with Crippen LogP contribution in [0.4, 0.5) is 0 Å². The number of carbonyl (C=O) groups is 6. The second-order valence-corrected chi connectivity index (χ2v) is 28.7. The summed E-state index contributed by atoms with van der Waals surface area (Å²) in [4.78, 5) is 71.9. The molecule has 0 fully saturated rings. The van der Waals surface area contributed by atoms with Crippen molar-refractivity contribution in [2.24, 2.45) is 0 Å². The zero-order chi connectivity index (χ0) is 90.7. The number of hydrogen-bond donors (Lipinski definition) is 4. The van der Waals surface area contributed by atoms with E-state index in [9.17, 15) is 44.1 Å². The molecule has 17 heteroatoms. The second-order valence-electron chi connectivity index (χ2n) is 28.7. The highest BCUT2D eigenvalue weighted by Crippen LogP contribution is 2.35. The van der Waals surface area contributed by atoms with E-state index in [1.807, 2.05) is 297 Å². The van der Waals surface area contributed by atoms with Gasteiger partial charge in [0.15, 0.2) is 57.7 Å². The Labute approximate surface area is 753 Å². The average molecular weight is 1720 g/mol. The molecule has 4 N–H and O–H groups in total. The van der Waals surface area contributed by atoms with Crippen molar-refractivity contribution in [1.82, 2.24) is 0 Å². The molecule has 0 bridgehead atoms. The molecule has 17 nitrogen and oxygen atoms in total. The quantitative estimate of drug-likeness (QED) is 0.0276. The number of carbonyl (C=O) groups excluding carboxylic acids is 6. The molecular weight excluding hydrogens is 1630 g/mol. The van der Waals surface area contributed by atoms with Crippen LogP contribution in [0.25, 0.3) is 36.5 Å². The maximum absolute atomic E-state index is 12.2. The Morgan fingerprint density at radius 1 is 0.231 bits per heavy atom. The lowest BCUT2D eigenvalue weighted by Crippen LogP contribution is -1.95. The first-order valence-corrected chi connectivity index (χ1v) is 41.3. The Morgan fingerprint density at radius 3 is 0.892 bits per heavy atom. The van der Waals surface area contributed by atoms with Gasteiger partial charge in [0.25, 0.3) is 0 Å². The Bertz CT molecular complexity index is 6410. The highest BCUT2D eigenvalue weighted by molar-refractivity contribution is 6.11. The topological polar surface area (TPSA) is 248 Å². The van der Waals surface area contributed by atoms with Gasteiger partial charge < -0.3 is 53.6 Å². The van der Waals surface area contributed by atoms with E-state index in [1.165, 1.54) is 36.4 Å². The SMILES string of the molecule is O=C(/C=C/c1ccc(O)cc1)c1ccccc1.O=C(/C=C/c1ccc(OCc2ccccc2)cc1)c1ccccc1.O=C(/C=C/c1ccc2c(c1)OCO2)c1ccccc1.O=C(/C=C/c1ccc2c(c1)OCO2)c1ccccc1O.O=C(/C=C/c1cccc(OCc2ccccc2)c1)c1ccc(O)cc1O.O=C(/C=C/c1cccc(OCc2ccccc2)c1)c1ccccc1. The summed E-state index contributed by atoms with van der Waals surface area (Å²) in [5.41, 5.74) is 11.8. The molecule has 2 aliphatic heterocycles. The molecule has 2 aliphatic rings. The lowest BCUT2D eigenvalue weighted by molar-refractivity contribution is 0.103. The molecule has 0 amide bonds. The number of ether oxygens (including phenoxy) is 7. The number of ketones is 6. The summed E-state index contributed by atoms with van der Waals surface area (Å²) in [6.45, 7) is 2.01. The van der Waals surface area contributed by atoms with Crippen LogP contribution >= 0.6 is 0 Å². The highest BCUT2D eigenvalue weighted by Gasteiger charge is 2.16. The molecule has 0 unspecified atom stereocenters. The standard InChI is InChI=1S/C22H18O4.2C22H18O2.C16H12O4.C16H12O3.C15H12O2/c23-18-10-11-20(22(25)14-18)21(24)12-9-16-7-4-8-19(13-16)26-15-17-5-2-1-3-6-17;23-22(20-11-5-2-6-12-20)15-14-18-10-7-13-21(16-18)24-17-19-8-3-1-4-9-19;23-22(20-9-5-2-6-10-20)16-13-18-11-14-21(15-12-18)24-17-19-7-3-1-4-8-19;17-13-4-2-1-3-12(13)14(18)7-5-11-6-8-15-16(9-11)20-10-19-15;17-14(13-4-2-1-3-5-13)8-6-12-7-9-15-16(10-12)19-11-18-15;16-14-9-6-12(7-10-14)8-11-15(17)13-4-2-1-3-5-13/h1-14,23,25H,15H2;2*1-16H,17H2;1-9,17H,10H2;1-10H,11H2;1-11,16H/b12-9+;15-14+;16-13+;7-5+;8-6+;11-8+. The van der Waals surface area contributed by atoms with Gasteiger partial charge in [-0.25, -0.2) is 0 Å². The molecule has 130 heavy (non-hydrogen) atoms. The van der Waals surface area contributed by atoms with E-state index in [2.05, 4.69) is 0 Å². The lowest BCUT2D eigenvalue weighted by Gasteiger charge is -2.07. The number of hydrogen-bond acceptors (Lipinski definition) is 17. The largest absolute Gasteiger partial charge is 0.508 e. The van der Waals surface area contributed by atoms with Crippen molar-refractivity contribution in [3.8, 4) is 63.2 Å². The number of aromatic hydroxyl groups is 4. The minimum atomic E-state index is -0.349. The second kappa shape index (κ2) is 49.2. The van der Waals surface area contributed by atoms with Gasteiger partial charge in [0.2, 0.25) is 13.6 Å². The van der Waals surface area contributed by atoms with Gasteiger partial charge in [-0.3, -0.25) is 28.8 Å². The maximum atomic E-state index is 12.2. The third-order valence-corrected chi connectivity index (χ3v) is 19.2. The van der Waals surface area contributed by atoms with Crippen LogP contribution in [0, 0.1) is 0 Å². The van der Waals surface area contributed by atoms with Crippen LogP contribution in [0.2, 0.25) is 0 Å². The average Bonchev–Trinajstić information content (AvgIpc) is 1.69. The number of fused-ring (bicyclic) bond motifs is 2. The van der Waals surface area contributed by atoms with Crippen molar-refractivity contribution in [1.29, 1.82) is 0 Å². The first kappa shape index (κ1) is 91.8.